The van der Waals surface area contributed by atoms with Gasteiger partial charge in [-0.05, 0) is 32.9 Å². The summed E-state index contributed by atoms with van der Waals surface area (Å²) < 4.78 is 0. The van der Waals surface area contributed by atoms with Gasteiger partial charge in [-0.1, -0.05) is 19.8 Å². The summed E-state index contributed by atoms with van der Waals surface area (Å²) in [7, 11) is 2.26. The molecule has 0 saturated heterocycles. The van der Waals surface area contributed by atoms with Crippen molar-refractivity contribution in [2.75, 3.05) is 13.6 Å². The first-order chi connectivity index (χ1) is 10.6. The van der Waals surface area contributed by atoms with Crippen LogP contribution in [-0.2, 0) is 0 Å². The number of nitrogens with one attached hydrogen (secondary N) is 1. The van der Waals surface area contributed by atoms with Crippen LogP contribution in [0.15, 0.2) is 18.6 Å². The SMILES string of the molecule is CCCCCN(C)C1CC1.O=C(O)c1c[nH]c2nccnc12. The smallest absolute Gasteiger partial charge is 0.339 e. The third kappa shape index (κ3) is 4.53. The molecule has 120 valence electrons. The highest BCUT2D eigenvalue weighted by Gasteiger charge is 2.25. The summed E-state index contributed by atoms with van der Waals surface area (Å²) in [6.45, 7) is 3.58. The van der Waals surface area contributed by atoms with Crippen LogP contribution in [0.25, 0.3) is 11.2 Å². The van der Waals surface area contributed by atoms with Crippen molar-refractivity contribution >= 4 is 17.1 Å². The van der Waals surface area contributed by atoms with Crippen molar-refractivity contribution in [1.82, 2.24) is 19.9 Å². The van der Waals surface area contributed by atoms with E-state index in [4.69, 9.17) is 5.11 Å². The third-order valence-electron chi connectivity index (χ3n) is 3.82. The fourth-order valence-corrected chi connectivity index (χ4v) is 2.32. The number of fused-ring (bicyclic) bond motifs is 1. The zero-order chi connectivity index (χ0) is 15.9. The van der Waals surface area contributed by atoms with Crippen LogP contribution in [0.4, 0.5) is 0 Å². The number of aromatic nitrogens is 3. The Kier molecular flexibility index (Phi) is 5.89. The van der Waals surface area contributed by atoms with E-state index in [2.05, 4.69) is 33.8 Å². The van der Waals surface area contributed by atoms with Gasteiger partial charge in [-0.15, -0.1) is 0 Å². The maximum Gasteiger partial charge on any atom is 0.339 e. The van der Waals surface area contributed by atoms with Crippen molar-refractivity contribution in [3.05, 3.63) is 24.2 Å². The van der Waals surface area contributed by atoms with Gasteiger partial charge >= 0.3 is 5.97 Å². The van der Waals surface area contributed by atoms with Gasteiger partial charge in [0.15, 0.2) is 5.65 Å². The lowest BCUT2D eigenvalue weighted by atomic mass is 10.2. The summed E-state index contributed by atoms with van der Waals surface area (Å²) in [6, 6.07) is 0.955. The number of hydrogen-bond donors (Lipinski definition) is 2. The Bertz CT molecular complexity index is 607. The Hall–Kier alpha value is -1.95. The Labute approximate surface area is 130 Å². The average Bonchev–Trinajstić information content (AvgIpc) is 3.27. The summed E-state index contributed by atoms with van der Waals surface area (Å²) in [5.74, 6) is -0.998. The second-order valence-corrected chi connectivity index (χ2v) is 5.68. The van der Waals surface area contributed by atoms with Crippen molar-refractivity contribution < 1.29 is 9.90 Å². The van der Waals surface area contributed by atoms with Gasteiger partial charge in [0.1, 0.15) is 11.1 Å². The van der Waals surface area contributed by atoms with E-state index in [1.807, 2.05) is 0 Å². The fourth-order valence-electron chi connectivity index (χ4n) is 2.32. The van der Waals surface area contributed by atoms with Crippen LogP contribution in [0.3, 0.4) is 0 Å². The van der Waals surface area contributed by atoms with Crippen molar-refractivity contribution in [3.63, 3.8) is 0 Å². The minimum absolute atomic E-state index is 0.151. The van der Waals surface area contributed by atoms with Gasteiger partial charge in [0.05, 0.1) is 0 Å². The molecule has 1 saturated carbocycles. The molecule has 0 unspecified atom stereocenters. The predicted octanol–water partition coefficient (Wildman–Crippen LogP) is 2.93. The van der Waals surface area contributed by atoms with Crippen LogP contribution < -0.4 is 0 Å². The van der Waals surface area contributed by atoms with E-state index >= 15 is 0 Å². The molecule has 22 heavy (non-hydrogen) atoms. The van der Waals surface area contributed by atoms with Gasteiger partial charge in [0.2, 0.25) is 0 Å². The lowest BCUT2D eigenvalue weighted by Crippen LogP contribution is -2.21. The number of nitrogens with zero attached hydrogens (tertiary/aromatic N) is 3. The molecule has 6 nitrogen and oxygen atoms in total. The number of H-pyrrole nitrogens is 1. The zero-order valence-electron chi connectivity index (χ0n) is 13.2. The molecular weight excluding hydrogens is 280 g/mol. The number of aromatic amines is 1. The predicted molar refractivity (Wildman–Crippen MR) is 86.0 cm³/mol. The quantitative estimate of drug-likeness (QED) is 0.802. The summed E-state index contributed by atoms with van der Waals surface area (Å²) in [5.41, 5.74) is 1.04. The Balaban J connectivity index is 0.000000164. The fraction of sp³-hybridized carbons (Fsp3) is 0.562. The van der Waals surface area contributed by atoms with Gasteiger partial charge in [-0.25, -0.2) is 9.78 Å². The lowest BCUT2D eigenvalue weighted by molar-refractivity contribution is 0.0699. The van der Waals surface area contributed by atoms with Crippen molar-refractivity contribution in [1.29, 1.82) is 0 Å². The molecule has 0 atom stereocenters. The molecule has 0 spiro atoms. The molecule has 1 fully saturated rings. The first-order valence-electron chi connectivity index (χ1n) is 7.85. The summed E-state index contributed by atoms with van der Waals surface area (Å²) in [6.07, 6.45) is 11.4. The number of carboxylic acids is 1. The van der Waals surface area contributed by atoms with E-state index in [0.717, 1.165) is 6.04 Å². The Morgan fingerprint density at radius 2 is 2.09 bits per heavy atom. The largest absolute Gasteiger partial charge is 0.478 e. The zero-order valence-corrected chi connectivity index (χ0v) is 13.2. The van der Waals surface area contributed by atoms with E-state index in [-0.39, 0.29) is 5.56 Å². The summed E-state index contributed by atoms with van der Waals surface area (Å²) in [4.78, 5) is 23.6. The molecule has 0 bridgehead atoms. The van der Waals surface area contributed by atoms with Crippen LogP contribution in [0.1, 0.15) is 49.4 Å². The van der Waals surface area contributed by atoms with Gasteiger partial charge in [-0.2, -0.15) is 0 Å². The van der Waals surface area contributed by atoms with Gasteiger partial charge < -0.3 is 15.0 Å². The average molecular weight is 304 g/mol. The third-order valence-corrected chi connectivity index (χ3v) is 3.82. The minimum Gasteiger partial charge on any atom is -0.478 e. The molecule has 1 aliphatic carbocycles. The minimum atomic E-state index is -0.998. The second-order valence-electron chi connectivity index (χ2n) is 5.68. The molecule has 0 aliphatic heterocycles. The Morgan fingerprint density at radius 3 is 2.73 bits per heavy atom. The number of unbranched alkanes of at least 4 members (excludes halogenated alkanes) is 2. The number of carbonyl (C=O) groups is 1. The maximum atomic E-state index is 10.6. The van der Waals surface area contributed by atoms with Crippen LogP contribution in [0, 0.1) is 0 Å². The monoisotopic (exact) mass is 304 g/mol. The number of hydrogen-bond acceptors (Lipinski definition) is 4. The number of aromatic carboxylic acids is 1. The van der Waals surface area contributed by atoms with Crippen LogP contribution in [0.5, 0.6) is 0 Å². The molecule has 2 aromatic heterocycles. The van der Waals surface area contributed by atoms with E-state index in [1.54, 1.807) is 0 Å². The molecular formula is C16H24N4O2. The molecule has 2 N–H and O–H groups in total. The van der Waals surface area contributed by atoms with Gasteiger partial charge in [-0.3, -0.25) is 4.98 Å². The van der Waals surface area contributed by atoms with E-state index in [1.165, 1.54) is 57.2 Å². The lowest BCUT2D eigenvalue weighted by Gasteiger charge is -2.14. The van der Waals surface area contributed by atoms with Crippen LogP contribution >= 0.6 is 0 Å². The maximum absolute atomic E-state index is 10.6. The first kappa shape index (κ1) is 16.4. The van der Waals surface area contributed by atoms with Gasteiger partial charge in [0.25, 0.3) is 0 Å². The molecule has 0 radical (unpaired) electrons. The van der Waals surface area contributed by atoms with Gasteiger partial charge in [0, 0.05) is 24.6 Å². The highest BCUT2D eigenvalue weighted by atomic mass is 16.4. The highest BCUT2D eigenvalue weighted by molar-refractivity contribution is 6.00. The Morgan fingerprint density at radius 1 is 1.36 bits per heavy atom. The van der Waals surface area contributed by atoms with E-state index < -0.39 is 5.97 Å². The molecule has 6 heteroatoms. The molecule has 1 aliphatic rings. The molecule has 2 heterocycles. The van der Waals surface area contributed by atoms with Crippen LogP contribution in [-0.4, -0.2) is 50.6 Å². The van der Waals surface area contributed by atoms with Crippen molar-refractivity contribution in [3.8, 4) is 0 Å². The second kappa shape index (κ2) is 7.89. The first-order valence-corrected chi connectivity index (χ1v) is 7.85. The number of rotatable bonds is 6. The summed E-state index contributed by atoms with van der Waals surface area (Å²) in [5, 5.41) is 8.68. The summed E-state index contributed by atoms with van der Waals surface area (Å²) >= 11 is 0. The molecule has 3 rings (SSSR count). The molecule has 2 aromatic rings. The number of carboxylic acid groups (broad SMARTS) is 1. The molecule has 0 aromatic carbocycles. The van der Waals surface area contributed by atoms with Crippen molar-refractivity contribution in [2.45, 2.75) is 45.1 Å². The van der Waals surface area contributed by atoms with Crippen molar-refractivity contribution in [2.24, 2.45) is 0 Å². The molecule has 0 amide bonds. The van der Waals surface area contributed by atoms with Crippen LogP contribution in [0.2, 0.25) is 0 Å². The van der Waals surface area contributed by atoms with E-state index in [9.17, 15) is 4.79 Å². The highest BCUT2D eigenvalue weighted by Crippen LogP contribution is 2.25. The standard InChI is InChI=1S/C9H19N.C7H5N3O2/c1-3-4-5-8-10(2)9-6-7-9;11-7(12)4-3-10-6-5(4)8-1-2-9-6/h9H,3-8H2,1-2H3;1-3H,(H,9,10)(H,11,12). The normalized spacial score (nSPS) is 14.0. The topological polar surface area (TPSA) is 82.1 Å². The van der Waals surface area contributed by atoms with E-state index in [0.29, 0.717) is 11.2 Å².